The second kappa shape index (κ2) is 10.3. The molecule has 1 saturated carbocycles. The van der Waals surface area contributed by atoms with Crippen molar-refractivity contribution in [1.82, 2.24) is 25.0 Å². The number of rotatable bonds is 5. The number of nitrogens with zero attached hydrogens (tertiary/aromatic N) is 5. The average Bonchev–Trinajstić information content (AvgIpc) is 3.26. The molecule has 8 heteroatoms. The van der Waals surface area contributed by atoms with Crippen LogP contribution in [0.2, 0.25) is 0 Å². The Morgan fingerprint density at radius 1 is 1.28 bits per heavy atom. The van der Waals surface area contributed by atoms with Crippen molar-refractivity contribution in [3.05, 3.63) is 12.2 Å². The third-order valence-corrected chi connectivity index (χ3v) is 5.07. The van der Waals surface area contributed by atoms with Crippen LogP contribution in [-0.4, -0.2) is 62.5 Å². The number of nitrogens with one attached hydrogen (secondary N) is 1. The number of aliphatic imine (C=N–C) groups is 1. The first-order valence-electron chi connectivity index (χ1n) is 9.37. The van der Waals surface area contributed by atoms with Gasteiger partial charge in [-0.2, -0.15) is 0 Å². The van der Waals surface area contributed by atoms with E-state index in [1.165, 1.54) is 25.7 Å². The first kappa shape index (κ1) is 20.4. The number of aliphatic hydroxyl groups excluding tert-OH is 1. The van der Waals surface area contributed by atoms with E-state index in [2.05, 4.69) is 31.9 Å². The van der Waals surface area contributed by atoms with E-state index >= 15 is 0 Å². The Balaban J connectivity index is 0.00000225. The lowest BCUT2D eigenvalue weighted by atomic mass is 10.1. The topological polar surface area (TPSA) is 78.6 Å². The van der Waals surface area contributed by atoms with Gasteiger partial charge < -0.3 is 19.9 Å². The summed E-state index contributed by atoms with van der Waals surface area (Å²) in [5, 5.41) is 21.5. The lowest BCUT2D eigenvalue weighted by molar-refractivity contribution is 0.107. The Bertz CT molecular complexity index is 535. The molecule has 0 radical (unpaired) electrons. The fraction of sp³-hybridized carbons (Fsp3) is 0.824. The van der Waals surface area contributed by atoms with Gasteiger partial charge in [0.05, 0.1) is 12.6 Å². The summed E-state index contributed by atoms with van der Waals surface area (Å²) in [6, 6.07) is 0.553. The maximum atomic E-state index is 9.75. The number of aliphatic hydroxyl groups is 1. The number of hydrogen-bond donors (Lipinski definition) is 2. The minimum atomic E-state index is -0.155. The van der Waals surface area contributed by atoms with Gasteiger partial charge in [0.15, 0.2) is 5.96 Å². The van der Waals surface area contributed by atoms with Gasteiger partial charge in [0.2, 0.25) is 0 Å². The molecule has 1 aliphatic heterocycles. The Labute approximate surface area is 167 Å². The highest BCUT2D eigenvalue weighted by molar-refractivity contribution is 14.0. The van der Waals surface area contributed by atoms with Gasteiger partial charge in [0, 0.05) is 32.1 Å². The lowest BCUT2D eigenvalue weighted by Crippen LogP contribution is -2.49. The summed E-state index contributed by atoms with van der Waals surface area (Å²) in [6.45, 7) is 5.39. The quantitative estimate of drug-likeness (QED) is 0.397. The van der Waals surface area contributed by atoms with Crippen LogP contribution in [0.1, 0.15) is 51.3 Å². The molecule has 1 aliphatic carbocycles. The van der Waals surface area contributed by atoms with Crippen molar-refractivity contribution in [1.29, 1.82) is 0 Å². The molecule has 0 bridgehead atoms. The van der Waals surface area contributed by atoms with Crippen LogP contribution in [0.3, 0.4) is 0 Å². The molecule has 1 aromatic heterocycles. The normalized spacial score (nSPS) is 19.9. The molecule has 25 heavy (non-hydrogen) atoms. The van der Waals surface area contributed by atoms with E-state index in [1.807, 2.05) is 0 Å². The summed E-state index contributed by atoms with van der Waals surface area (Å²) in [4.78, 5) is 7.16. The second-order valence-electron chi connectivity index (χ2n) is 6.84. The molecule has 3 rings (SSSR count). The number of aromatic nitrogens is 3. The number of guanidine groups is 1. The first-order valence-corrected chi connectivity index (χ1v) is 9.37. The van der Waals surface area contributed by atoms with Gasteiger partial charge >= 0.3 is 0 Å². The highest BCUT2D eigenvalue weighted by Crippen LogP contribution is 2.18. The molecule has 0 atom stereocenters. The minimum absolute atomic E-state index is 0. The summed E-state index contributed by atoms with van der Waals surface area (Å²) < 4.78 is 2.08. The average molecular weight is 462 g/mol. The fourth-order valence-electron chi connectivity index (χ4n) is 3.57. The van der Waals surface area contributed by atoms with Gasteiger partial charge in [-0.3, -0.25) is 4.99 Å². The summed E-state index contributed by atoms with van der Waals surface area (Å²) in [5.74, 6) is 2.02. The van der Waals surface area contributed by atoms with Crippen molar-refractivity contribution in [3.63, 3.8) is 0 Å². The van der Waals surface area contributed by atoms with Crippen LogP contribution in [0.5, 0.6) is 0 Å². The summed E-state index contributed by atoms with van der Waals surface area (Å²) in [5.41, 5.74) is 0. The molecule has 1 saturated heterocycles. The molecule has 0 aromatic carbocycles. The van der Waals surface area contributed by atoms with Crippen LogP contribution in [0.4, 0.5) is 0 Å². The Hall–Kier alpha value is -0.900. The standard InChI is InChI=1S/C17H30N6O.HI/c1-2-16-21-19-13-23(16)12-9-18-17(20-14-5-3-4-6-14)22-10-7-15(24)8-11-22;/h13-15,24H,2-12H2,1H3,(H,18,20);1H. The maximum Gasteiger partial charge on any atom is 0.194 e. The van der Waals surface area contributed by atoms with E-state index in [1.54, 1.807) is 6.33 Å². The zero-order chi connectivity index (χ0) is 16.8. The first-order chi connectivity index (χ1) is 11.8. The predicted molar refractivity (Wildman–Crippen MR) is 109 cm³/mol. The van der Waals surface area contributed by atoms with Crippen LogP contribution >= 0.6 is 24.0 Å². The highest BCUT2D eigenvalue weighted by atomic mass is 127. The van der Waals surface area contributed by atoms with E-state index < -0.39 is 0 Å². The SMILES string of the molecule is CCc1nncn1CCN=C(NC1CCCC1)N1CCC(O)CC1.I. The van der Waals surface area contributed by atoms with E-state index in [-0.39, 0.29) is 30.1 Å². The van der Waals surface area contributed by atoms with Crippen molar-refractivity contribution in [2.75, 3.05) is 19.6 Å². The number of likely N-dealkylation sites (tertiary alicyclic amines) is 1. The Kier molecular flexibility index (Phi) is 8.41. The van der Waals surface area contributed by atoms with Gasteiger partial charge in [0.1, 0.15) is 12.2 Å². The van der Waals surface area contributed by atoms with Crippen molar-refractivity contribution in [2.24, 2.45) is 4.99 Å². The number of hydrogen-bond acceptors (Lipinski definition) is 4. The summed E-state index contributed by atoms with van der Waals surface area (Å²) in [7, 11) is 0. The monoisotopic (exact) mass is 462 g/mol. The second-order valence-corrected chi connectivity index (χ2v) is 6.84. The van der Waals surface area contributed by atoms with Crippen molar-refractivity contribution in [3.8, 4) is 0 Å². The van der Waals surface area contributed by atoms with E-state index in [0.29, 0.717) is 6.04 Å². The molecule has 142 valence electrons. The van der Waals surface area contributed by atoms with Gasteiger partial charge in [-0.05, 0) is 25.7 Å². The Morgan fingerprint density at radius 3 is 2.68 bits per heavy atom. The third-order valence-electron chi connectivity index (χ3n) is 5.07. The van der Waals surface area contributed by atoms with Crippen molar-refractivity contribution >= 4 is 29.9 Å². The van der Waals surface area contributed by atoms with Crippen LogP contribution < -0.4 is 5.32 Å². The van der Waals surface area contributed by atoms with Gasteiger partial charge in [-0.25, -0.2) is 0 Å². The molecule has 2 aliphatic rings. The van der Waals surface area contributed by atoms with Crippen molar-refractivity contribution < 1.29 is 5.11 Å². The Morgan fingerprint density at radius 2 is 2.00 bits per heavy atom. The number of piperidine rings is 1. The minimum Gasteiger partial charge on any atom is -0.393 e. The van der Waals surface area contributed by atoms with Crippen LogP contribution in [0.25, 0.3) is 0 Å². The van der Waals surface area contributed by atoms with Gasteiger partial charge in [-0.1, -0.05) is 19.8 Å². The number of aryl methyl sites for hydroxylation is 1. The zero-order valence-electron chi connectivity index (χ0n) is 15.1. The lowest BCUT2D eigenvalue weighted by Gasteiger charge is -2.33. The third kappa shape index (κ3) is 5.80. The molecule has 1 aromatic rings. The van der Waals surface area contributed by atoms with Crippen molar-refractivity contribution in [2.45, 2.75) is 70.6 Å². The van der Waals surface area contributed by atoms with E-state index in [4.69, 9.17) is 4.99 Å². The smallest absolute Gasteiger partial charge is 0.194 e. The van der Waals surface area contributed by atoms with E-state index in [0.717, 1.165) is 57.2 Å². The van der Waals surface area contributed by atoms with Gasteiger partial charge in [0.25, 0.3) is 0 Å². The molecule has 0 unspecified atom stereocenters. The van der Waals surface area contributed by atoms with Crippen LogP contribution in [0.15, 0.2) is 11.3 Å². The molecular formula is C17H31IN6O. The summed E-state index contributed by atoms with van der Waals surface area (Å²) >= 11 is 0. The number of halogens is 1. The highest BCUT2D eigenvalue weighted by Gasteiger charge is 2.23. The zero-order valence-corrected chi connectivity index (χ0v) is 17.4. The molecule has 2 heterocycles. The van der Waals surface area contributed by atoms with Crippen LogP contribution in [0, 0.1) is 0 Å². The molecule has 2 fully saturated rings. The molecule has 7 nitrogen and oxygen atoms in total. The molecule has 0 amide bonds. The molecule has 0 spiro atoms. The summed E-state index contributed by atoms with van der Waals surface area (Å²) in [6.07, 6.45) is 9.28. The largest absolute Gasteiger partial charge is 0.393 e. The molecule has 2 N–H and O–H groups in total. The maximum absolute atomic E-state index is 9.75. The fourth-order valence-corrected chi connectivity index (χ4v) is 3.57. The predicted octanol–water partition coefficient (Wildman–Crippen LogP) is 1.80. The van der Waals surface area contributed by atoms with Crippen LogP contribution in [-0.2, 0) is 13.0 Å². The van der Waals surface area contributed by atoms with E-state index in [9.17, 15) is 5.11 Å². The molecular weight excluding hydrogens is 431 g/mol. The van der Waals surface area contributed by atoms with Gasteiger partial charge in [-0.15, -0.1) is 34.2 Å².